The molecule has 0 heterocycles. The Bertz CT molecular complexity index is 1860. The lowest BCUT2D eigenvalue weighted by molar-refractivity contribution is 0.0289. The maximum Gasteiger partial charge on any atom is -0.0246 e. The fraction of sp³-hybridized carbons (Fsp3) is 1.00. The van der Waals surface area contributed by atoms with E-state index < -0.39 is 0 Å². The van der Waals surface area contributed by atoms with Gasteiger partial charge < -0.3 is 0 Å². The van der Waals surface area contributed by atoms with Crippen LogP contribution in [0.15, 0.2) is 0 Å². The first-order chi connectivity index (χ1) is 61.4. The third-order valence-corrected chi connectivity index (χ3v) is 31.1. The third kappa shape index (κ3) is 103. The maximum atomic E-state index is 2.62. The molecule has 0 N–H and O–H groups in total. The van der Waals surface area contributed by atoms with Crippen molar-refractivity contribution in [3.05, 3.63) is 0 Å². The second-order valence-electron chi connectivity index (χ2n) is 46.4. The molecule has 0 aromatic carbocycles. The molecule has 4 rings (SSSR count). The molecular formula is C136H304. The largest absolute Gasteiger partial charge is 0.0776 e. The Labute approximate surface area is 883 Å². The van der Waals surface area contributed by atoms with Crippen LogP contribution >= 0.6 is 0 Å². The van der Waals surface area contributed by atoms with Gasteiger partial charge in [-0.1, -0.05) is 657 Å². The van der Waals surface area contributed by atoms with E-state index in [-0.39, 0.29) is 59.4 Å². The van der Waals surface area contributed by atoms with E-state index in [4.69, 9.17) is 0 Å². The molecule has 0 nitrogen and oxygen atoms in total. The second-order valence-corrected chi connectivity index (χ2v) is 46.4. The van der Waals surface area contributed by atoms with Crippen molar-refractivity contribution in [3.8, 4) is 0 Å². The standard InChI is InChI=1S/C30H60.2C28H56.C26H52.8C2H6.8CH4/c1-5-9-13-16-22-28(20-11-7-3)26-30(24-18-15-19-25-30)27-29(21-12-8-4)23-17-14-10-6-2;1-24(14-12-18-26(3,4)5)16-22-28(20-10-9-11-21-28)23-17-25(2)15-13-19-27(6,7)8;1-22(2)18-26(7)20-24(5)12-16-28(14-10-9-11-15-28)17-13-25(6)21-27(8)19-23(3)4;1-5-7-9-11-13-16-20-24(3)26(22-18-15-19-23-26)25(4)21-17-14-12-10-8-6-2;8*1-2;;;;;;;;/h28-29H,5-27H2,1-4H3;24-25H,9-23H2,1-8H3;22-27H,9-21H2,1-8H3;24-25H,5-23H2,1-4H3;8*1-2H3;8*1H4. The van der Waals surface area contributed by atoms with Crippen LogP contribution in [-0.2, 0) is 0 Å². The molecule has 10 unspecified atom stereocenters. The number of unbranched alkanes of at least 4 members (excludes halogenated alkanes) is 18. The van der Waals surface area contributed by atoms with Crippen LogP contribution < -0.4 is 0 Å². The van der Waals surface area contributed by atoms with Gasteiger partial charge >= 0.3 is 0 Å². The Kier molecular flexibility index (Phi) is 152. The lowest BCUT2D eigenvalue weighted by Crippen LogP contribution is -2.37. The molecule has 4 fully saturated rings. The van der Waals surface area contributed by atoms with Crippen molar-refractivity contribution in [2.24, 2.45) is 104 Å². The zero-order valence-corrected chi connectivity index (χ0v) is 99.4. The highest BCUT2D eigenvalue weighted by atomic mass is 14.5. The van der Waals surface area contributed by atoms with Crippen molar-refractivity contribution >= 4 is 0 Å². The average Bonchev–Trinajstić information content (AvgIpc) is 0.798. The molecule has 4 saturated carbocycles. The Hall–Kier alpha value is 0. The van der Waals surface area contributed by atoms with Gasteiger partial charge in [-0.05, 0) is 232 Å². The smallest absolute Gasteiger partial charge is 0.0246 e. The zero-order chi connectivity index (χ0) is 99.4. The van der Waals surface area contributed by atoms with Crippen molar-refractivity contribution < 1.29 is 0 Å². The average molecular weight is 1940 g/mol. The topological polar surface area (TPSA) is 0 Å². The zero-order valence-electron chi connectivity index (χ0n) is 99.4. The van der Waals surface area contributed by atoms with Gasteiger partial charge in [0.2, 0.25) is 0 Å². The summed E-state index contributed by atoms with van der Waals surface area (Å²) in [5.41, 5.74) is 3.81. The van der Waals surface area contributed by atoms with Crippen LogP contribution in [0.4, 0.5) is 0 Å². The Morgan fingerprint density at radius 3 is 0.662 bits per heavy atom. The summed E-state index contributed by atoms with van der Waals surface area (Å²) >= 11 is 0. The first-order valence-corrected chi connectivity index (χ1v) is 61.4. The summed E-state index contributed by atoms with van der Waals surface area (Å²) in [5.74, 6) is 11.1. The highest BCUT2D eigenvalue weighted by molar-refractivity contribution is 4.93. The summed E-state index contributed by atoms with van der Waals surface area (Å²) in [7, 11) is 0. The van der Waals surface area contributed by atoms with E-state index in [1.807, 2.05) is 111 Å². The van der Waals surface area contributed by atoms with E-state index in [0.29, 0.717) is 32.5 Å². The Morgan fingerprint density at radius 2 is 0.412 bits per heavy atom. The van der Waals surface area contributed by atoms with Crippen molar-refractivity contribution in [1.82, 2.24) is 0 Å². The molecule has 0 saturated heterocycles. The maximum absolute atomic E-state index is 2.62. The number of hydrogen-bond acceptors (Lipinski definition) is 0. The molecule has 0 bridgehead atoms. The van der Waals surface area contributed by atoms with Crippen LogP contribution in [0.2, 0.25) is 0 Å². The van der Waals surface area contributed by atoms with Crippen LogP contribution in [0.25, 0.3) is 0 Å². The van der Waals surface area contributed by atoms with Gasteiger partial charge in [0.25, 0.3) is 0 Å². The van der Waals surface area contributed by atoms with Crippen molar-refractivity contribution in [3.63, 3.8) is 0 Å². The predicted molar refractivity (Wildman–Crippen MR) is 660 cm³/mol. The molecular weight excluding hydrogens is 1630 g/mol. The summed E-state index contributed by atoms with van der Waals surface area (Å²) in [6, 6.07) is 0. The van der Waals surface area contributed by atoms with Crippen LogP contribution in [-0.4, -0.2) is 0 Å². The molecule has 848 valence electrons. The molecule has 0 aromatic rings. The molecule has 4 aliphatic rings. The van der Waals surface area contributed by atoms with Crippen LogP contribution in [0.1, 0.15) is 786 Å². The second kappa shape index (κ2) is 120. The summed E-state index contributed by atoms with van der Waals surface area (Å²) in [6.07, 6.45) is 103. The molecule has 136 heavy (non-hydrogen) atoms. The minimum Gasteiger partial charge on any atom is -0.0776 e. The van der Waals surface area contributed by atoms with Gasteiger partial charge in [0.05, 0.1) is 0 Å². The van der Waals surface area contributed by atoms with Gasteiger partial charge in [-0.25, -0.2) is 0 Å². The molecule has 0 aromatic heterocycles. The lowest BCUT2D eigenvalue weighted by Gasteiger charge is -2.47. The molecule has 0 heteroatoms. The van der Waals surface area contributed by atoms with Gasteiger partial charge in [0.1, 0.15) is 0 Å². The first kappa shape index (κ1) is 172. The highest BCUT2D eigenvalue weighted by Crippen LogP contribution is 2.54. The number of hydrogen-bond donors (Lipinski definition) is 0. The lowest BCUT2D eigenvalue weighted by atomic mass is 9.58. The van der Waals surface area contributed by atoms with E-state index in [1.165, 1.54) is 424 Å². The molecule has 0 aliphatic heterocycles. The van der Waals surface area contributed by atoms with Crippen LogP contribution in [0, 0.1) is 104 Å². The predicted octanol–water partition coefficient (Wildman–Crippen LogP) is 54.4. The number of rotatable bonds is 62. The van der Waals surface area contributed by atoms with Crippen molar-refractivity contribution in [2.75, 3.05) is 0 Å². The quantitative estimate of drug-likeness (QED) is 0.0533. The molecule has 10 atom stereocenters. The van der Waals surface area contributed by atoms with E-state index in [0.717, 1.165) is 71.0 Å². The van der Waals surface area contributed by atoms with Gasteiger partial charge in [0.15, 0.2) is 0 Å². The fourth-order valence-electron chi connectivity index (χ4n) is 23.9. The summed E-state index contributed by atoms with van der Waals surface area (Å²) < 4.78 is 0. The highest BCUT2D eigenvalue weighted by Gasteiger charge is 2.42. The SMILES string of the molecule is C.C.C.C.C.C.C.C.CC.CC.CC.CC.CC.CC.CC.CC.CC(C)CC(C)CC(C)CCC1(CCC(C)CC(C)CC(C)C)CCCCC1.CC(CCCC(C)(C)C)CCC1(CCC(C)CCCC(C)(C)C)CCCCC1.CCCCCCC(CCCC)CC1(CC(CCCC)CCCCCC)CCCCC1.CCCCCCCCC(C)C1(C(C)CCCCCCCC)CCCCC1. The summed E-state index contributed by atoms with van der Waals surface area (Å²) in [6.45, 7) is 90.2. The molecule has 4 aliphatic carbocycles. The third-order valence-electron chi connectivity index (χ3n) is 31.1. The van der Waals surface area contributed by atoms with E-state index >= 15 is 0 Å². The van der Waals surface area contributed by atoms with Crippen LogP contribution in [0.3, 0.4) is 0 Å². The molecule has 0 spiro atoms. The van der Waals surface area contributed by atoms with Gasteiger partial charge in [-0.3, -0.25) is 0 Å². The fourth-order valence-corrected chi connectivity index (χ4v) is 23.9. The molecule has 0 amide bonds. The summed E-state index contributed by atoms with van der Waals surface area (Å²) in [4.78, 5) is 0. The minimum absolute atomic E-state index is 0. The van der Waals surface area contributed by atoms with Crippen molar-refractivity contribution in [1.29, 1.82) is 0 Å². The summed E-state index contributed by atoms with van der Waals surface area (Å²) in [5, 5.41) is 0. The van der Waals surface area contributed by atoms with Gasteiger partial charge in [-0.2, -0.15) is 0 Å². The minimum atomic E-state index is 0. The Balaban J connectivity index is -0.0000000941. The van der Waals surface area contributed by atoms with Gasteiger partial charge in [0, 0.05) is 0 Å². The van der Waals surface area contributed by atoms with Gasteiger partial charge in [-0.15, -0.1) is 0 Å². The van der Waals surface area contributed by atoms with Crippen LogP contribution in [0.5, 0.6) is 0 Å². The van der Waals surface area contributed by atoms with E-state index in [9.17, 15) is 0 Å². The monoisotopic (exact) mass is 1940 g/mol. The van der Waals surface area contributed by atoms with Crippen molar-refractivity contribution in [2.45, 2.75) is 786 Å². The first-order valence-electron chi connectivity index (χ1n) is 61.4. The van der Waals surface area contributed by atoms with E-state index in [1.54, 1.807) is 25.7 Å². The Morgan fingerprint density at radius 1 is 0.199 bits per heavy atom. The molecule has 0 radical (unpaired) electrons. The normalized spacial score (nSPS) is 16.7. The van der Waals surface area contributed by atoms with E-state index in [2.05, 4.69) is 166 Å².